The Bertz CT molecular complexity index is 1280. The van der Waals surface area contributed by atoms with Gasteiger partial charge in [-0.25, -0.2) is 13.1 Å². The molecule has 0 aliphatic heterocycles. The van der Waals surface area contributed by atoms with Gasteiger partial charge in [0.25, 0.3) is 5.91 Å². The van der Waals surface area contributed by atoms with Gasteiger partial charge in [0.2, 0.25) is 15.9 Å². The zero-order chi connectivity index (χ0) is 24.1. The average molecular weight is 498 g/mol. The number of carbonyl (C=O) groups is 2. The standard InChI is InChI=1S/C25H24ClN3O4S/c26-19-11-9-18(10-12-19)24(30)28-23(15-17-5-2-1-3-6-17)25(31)27-21-7-4-8-22(16-21)34(32,33)29-20-13-14-20/h1-12,16,20,23,29H,13-15H2,(H,27,31)(H,28,30). The van der Waals surface area contributed by atoms with Gasteiger partial charge in [-0.3, -0.25) is 9.59 Å². The zero-order valence-electron chi connectivity index (χ0n) is 18.2. The molecule has 0 radical (unpaired) electrons. The number of anilines is 1. The van der Waals surface area contributed by atoms with Crippen LogP contribution in [0.1, 0.15) is 28.8 Å². The number of sulfonamides is 1. The lowest BCUT2D eigenvalue weighted by molar-refractivity contribution is -0.118. The molecule has 0 spiro atoms. The number of rotatable bonds is 9. The molecule has 0 heterocycles. The molecular weight excluding hydrogens is 474 g/mol. The summed E-state index contributed by atoms with van der Waals surface area (Å²) in [5, 5.41) is 6.02. The predicted octanol–water partition coefficient (Wildman–Crippen LogP) is 3.76. The first kappa shape index (κ1) is 23.9. The van der Waals surface area contributed by atoms with Crippen molar-refractivity contribution in [3.63, 3.8) is 0 Å². The minimum Gasteiger partial charge on any atom is -0.340 e. The Morgan fingerprint density at radius 1 is 0.941 bits per heavy atom. The fourth-order valence-corrected chi connectivity index (χ4v) is 4.84. The summed E-state index contributed by atoms with van der Waals surface area (Å²) in [7, 11) is -3.66. The van der Waals surface area contributed by atoms with Gasteiger partial charge in [-0.2, -0.15) is 0 Å². The molecule has 176 valence electrons. The van der Waals surface area contributed by atoms with Crippen molar-refractivity contribution in [2.45, 2.75) is 36.2 Å². The second kappa shape index (κ2) is 10.4. The van der Waals surface area contributed by atoms with Crippen molar-refractivity contribution < 1.29 is 18.0 Å². The van der Waals surface area contributed by atoms with Gasteiger partial charge in [-0.05, 0) is 60.9 Å². The van der Waals surface area contributed by atoms with Crippen LogP contribution in [0.2, 0.25) is 5.02 Å². The number of benzene rings is 3. The SMILES string of the molecule is O=C(NC(Cc1ccccc1)C(=O)Nc1cccc(S(=O)(=O)NC2CC2)c1)c1ccc(Cl)cc1. The largest absolute Gasteiger partial charge is 0.340 e. The zero-order valence-corrected chi connectivity index (χ0v) is 19.8. The highest BCUT2D eigenvalue weighted by Gasteiger charge is 2.28. The minimum absolute atomic E-state index is 0.0263. The average Bonchev–Trinajstić information content (AvgIpc) is 3.63. The molecule has 3 aromatic rings. The van der Waals surface area contributed by atoms with E-state index in [4.69, 9.17) is 11.6 Å². The van der Waals surface area contributed by atoms with E-state index in [2.05, 4.69) is 15.4 Å². The van der Waals surface area contributed by atoms with E-state index >= 15 is 0 Å². The molecule has 1 atom stereocenters. The van der Waals surface area contributed by atoms with Gasteiger partial charge >= 0.3 is 0 Å². The second-order valence-corrected chi connectivity index (χ2v) is 10.3. The Labute approximate surface area is 203 Å². The van der Waals surface area contributed by atoms with Gasteiger partial charge in [0.15, 0.2) is 0 Å². The van der Waals surface area contributed by atoms with E-state index in [-0.39, 0.29) is 17.4 Å². The van der Waals surface area contributed by atoms with E-state index in [0.29, 0.717) is 16.3 Å². The van der Waals surface area contributed by atoms with Gasteiger partial charge in [0.1, 0.15) is 6.04 Å². The van der Waals surface area contributed by atoms with Crippen LogP contribution in [0.3, 0.4) is 0 Å². The third-order valence-corrected chi connectivity index (χ3v) is 7.09. The van der Waals surface area contributed by atoms with Gasteiger partial charge in [-0.1, -0.05) is 48.0 Å². The number of amides is 2. The smallest absolute Gasteiger partial charge is 0.251 e. The molecule has 2 amide bonds. The summed E-state index contributed by atoms with van der Waals surface area (Å²) < 4.78 is 27.7. The molecule has 1 aliphatic carbocycles. The molecule has 1 aliphatic rings. The van der Waals surface area contributed by atoms with Crippen LogP contribution in [0.5, 0.6) is 0 Å². The van der Waals surface area contributed by atoms with Gasteiger partial charge in [-0.15, -0.1) is 0 Å². The molecular formula is C25H24ClN3O4S. The maximum Gasteiger partial charge on any atom is 0.251 e. The highest BCUT2D eigenvalue weighted by atomic mass is 35.5. The molecule has 0 bridgehead atoms. The molecule has 34 heavy (non-hydrogen) atoms. The van der Waals surface area contributed by atoms with Crippen molar-refractivity contribution >= 4 is 39.1 Å². The highest BCUT2D eigenvalue weighted by molar-refractivity contribution is 7.89. The monoisotopic (exact) mass is 497 g/mol. The van der Waals surface area contributed by atoms with Gasteiger partial charge in [0, 0.05) is 28.7 Å². The lowest BCUT2D eigenvalue weighted by Crippen LogP contribution is -2.45. The number of halogens is 1. The van der Waals surface area contributed by atoms with E-state index in [0.717, 1.165) is 18.4 Å². The predicted molar refractivity (Wildman–Crippen MR) is 131 cm³/mol. The molecule has 0 aromatic heterocycles. The first-order valence-electron chi connectivity index (χ1n) is 10.8. The van der Waals surface area contributed by atoms with E-state index in [9.17, 15) is 18.0 Å². The van der Waals surface area contributed by atoms with Gasteiger partial charge in [0.05, 0.1) is 4.90 Å². The fraction of sp³-hybridized carbons (Fsp3) is 0.200. The number of carbonyl (C=O) groups excluding carboxylic acids is 2. The topological polar surface area (TPSA) is 104 Å². The van der Waals surface area contributed by atoms with Crippen molar-refractivity contribution in [2.75, 3.05) is 5.32 Å². The van der Waals surface area contributed by atoms with Crippen LogP contribution in [0, 0.1) is 0 Å². The molecule has 9 heteroatoms. The van der Waals surface area contributed by atoms with Crippen LogP contribution >= 0.6 is 11.6 Å². The highest BCUT2D eigenvalue weighted by Crippen LogP contribution is 2.23. The lowest BCUT2D eigenvalue weighted by Gasteiger charge is -2.19. The molecule has 1 unspecified atom stereocenters. The van der Waals surface area contributed by atoms with E-state index in [1.54, 1.807) is 36.4 Å². The van der Waals surface area contributed by atoms with Gasteiger partial charge < -0.3 is 10.6 Å². The van der Waals surface area contributed by atoms with Crippen molar-refractivity contribution in [1.82, 2.24) is 10.0 Å². The molecule has 3 aromatic carbocycles. The Morgan fingerprint density at radius 2 is 1.65 bits per heavy atom. The number of hydrogen-bond donors (Lipinski definition) is 3. The first-order chi connectivity index (χ1) is 16.3. The second-order valence-electron chi connectivity index (χ2n) is 8.14. The Kier molecular flexibility index (Phi) is 7.31. The molecule has 7 nitrogen and oxygen atoms in total. The quantitative estimate of drug-likeness (QED) is 0.418. The summed E-state index contributed by atoms with van der Waals surface area (Å²) in [5.41, 5.74) is 1.56. The summed E-state index contributed by atoms with van der Waals surface area (Å²) in [6, 6.07) is 20.8. The lowest BCUT2D eigenvalue weighted by atomic mass is 10.0. The summed E-state index contributed by atoms with van der Waals surface area (Å²) in [6.45, 7) is 0. The van der Waals surface area contributed by atoms with Crippen LogP contribution in [0.4, 0.5) is 5.69 Å². The summed E-state index contributed by atoms with van der Waals surface area (Å²) >= 11 is 5.90. The summed E-state index contributed by atoms with van der Waals surface area (Å²) in [4.78, 5) is 26.0. The molecule has 1 saturated carbocycles. The molecule has 1 fully saturated rings. The fourth-order valence-electron chi connectivity index (χ4n) is 3.36. The maximum atomic E-state index is 13.2. The van der Waals surface area contributed by atoms with Crippen molar-refractivity contribution in [3.05, 3.63) is 95.0 Å². The van der Waals surface area contributed by atoms with E-state index in [1.165, 1.54) is 12.1 Å². The molecule has 3 N–H and O–H groups in total. The summed E-state index contributed by atoms with van der Waals surface area (Å²) in [5.74, 6) is -0.881. The Hall–Kier alpha value is -3.20. The van der Waals surface area contributed by atoms with E-state index in [1.807, 2.05) is 30.3 Å². The van der Waals surface area contributed by atoms with Crippen LogP contribution in [-0.4, -0.2) is 32.3 Å². The third kappa shape index (κ3) is 6.44. The number of nitrogens with one attached hydrogen (secondary N) is 3. The molecule has 0 saturated heterocycles. The maximum absolute atomic E-state index is 13.2. The van der Waals surface area contributed by atoms with Crippen LogP contribution < -0.4 is 15.4 Å². The number of hydrogen-bond acceptors (Lipinski definition) is 4. The van der Waals surface area contributed by atoms with Crippen molar-refractivity contribution in [1.29, 1.82) is 0 Å². The van der Waals surface area contributed by atoms with Crippen LogP contribution in [0.15, 0.2) is 83.8 Å². The summed E-state index contributed by atoms with van der Waals surface area (Å²) in [6.07, 6.45) is 1.90. The Balaban J connectivity index is 1.52. The minimum atomic E-state index is -3.66. The molecule has 4 rings (SSSR count). The first-order valence-corrected chi connectivity index (χ1v) is 12.7. The van der Waals surface area contributed by atoms with E-state index < -0.39 is 27.9 Å². The van der Waals surface area contributed by atoms with Crippen LogP contribution in [0.25, 0.3) is 0 Å². The third-order valence-electron chi connectivity index (χ3n) is 5.32. The Morgan fingerprint density at radius 3 is 2.32 bits per heavy atom. The van der Waals surface area contributed by atoms with Crippen molar-refractivity contribution in [3.8, 4) is 0 Å². The van der Waals surface area contributed by atoms with Crippen molar-refractivity contribution in [2.24, 2.45) is 0 Å². The normalized spacial score (nSPS) is 14.3. The van der Waals surface area contributed by atoms with Crippen LogP contribution in [-0.2, 0) is 21.2 Å².